The van der Waals surface area contributed by atoms with Crippen molar-refractivity contribution >= 4 is 57.5 Å². The van der Waals surface area contributed by atoms with Crippen LogP contribution in [-0.2, 0) is 4.79 Å². The molecule has 0 aliphatic carbocycles. The lowest BCUT2D eigenvalue weighted by Crippen LogP contribution is -2.44. The smallest absolute Gasteiger partial charge is 0.285 e. The van der Waals surface area contributed by atoms with Gasteiger partial charge >= 0.3 is 0 Å². The summed E-state index contributed by atoms with van der Waals surface area (Å²) in [4.78, 5) is 25.7. The summed E-state index contributed by atoms with van der Waals surface area (Å²) >= 11 is 7.63. The van der Waals surface area contributed by atoms with Crippen molar-refractivity contribution in [2.45, 2.75) is 0 Å². The highest BCUT2D eigenvalue weighted by atomic mass is 32.2. The van der Waals surface area contributed by atoms with Gasteiger partial charge in [0, 0.05) is 11.6 Å². The van der Waals surface area contributed by atoms with Gasteiger partial charge in [0.25, 0.3) is 11.8 Å². The molecule has 1 aromatic heterocycles. The largest absolute Gasteiger partial charge is 0.497 e. The standard InChI is InChI=1S/C17H14N2O4S3/c1-22-11-6-5-10(12(9-11)23-2)8-14-16(21)19(17(24)26-14)18-15(20)13-4-3-7-25-13/h3-9H,1-2H3,(H,18,20)/b14-8-. The van der Waals surface area contributed by atoms with Gasteiger partial charge in [-0.3, -0.25) is 15.0 Å². The predicted molar refractivity (Wildman–Crippen MR) is 106 cm³/mol. The Morgan fingerprint density at radius 3 is 2.73 bits per heavy atom. The van der Waals surface area contributed by atoms with Crippen molar-refractivity contribution in [3.05, 3.63) is 51.1 Å². The minimum Gasteiger partial charge on any atom is -0.497 e. The van der Waals surface area contributed by atoms with E-state index in [-0.39, 0.29) is 16.1 Å². The first-order valence-electron chi connectivity index (χ1n) is 7.38. The molecule has 1 N–H and O–H groups in total. The quantitative estimate of drug-likeness (QED) is 0.607. The van der Waals surface area contributed by atoms with Crippen molar-refractivity contribution < 1.29 is 19.1 Å². The number of hydrogen-bond acceptors (Lipinski definition) is 7. The molecule has 1 fully saturated rings. The summed E-state index contributed by atoms with van der Waals surface area (Å²) in [6.07, 6.45) is 1.68. The molecule has 9 heteroatoms. The Bertz CT molecular complexity index is 893. The maximum atomic E-state index is 12.6. The van der Waals surface area contributed by atoms with Crippen LogP contribution in [0.3, 0.4) is 0 Å². The first-order chi connectivity index (χ1) is 12.5. The molecule has 0 saturated carbocycles. The summed E-state index contributed by atoms with van der Waals surface area (Å²) in [6.45, 7) is 0. The Morgan fingerprint density at radius 2 is 2.08 bits per heavy atom. The molecule has 1 aliphatic rings. The zero-order chi connectivity index (χ0) is 18.7. The third-order valence-electron chi connectivity index (χ3n) is 3.48. The molecule has 0 unspecified atom stereocenters. The molecule has 2 aromatic rings. The molecule has 1 saturated heterocycles. The van der Waals surface area contributed by atoms with Gasteiger partial charge in [-0.1, -0.05) is 17.8 Å². The van der Waals surface area contributed by atoms with Crippen molar-refractivity contribution in [2.75, 3.05) is 14.2 Å². The molecular weight excluding hydrogens is 392 g/mol. The Kier molecular flexibility index (Phi) is 5.60. The van der Waals surface area contributed by atoms with Gasteiger partial charge in [-0.15, -0.1) is 11.3 Å². The highest BCUT2D eigenvalue weighted by Crippen LogP contribution is 2.34. The lowest BCUT2D eigenvalue weighted by molar-refractivity contribution is -0.123. The minimum atomic E-state index is -0.386. The van der Waals surface area contributed by atoms with Gasteiger partial charge in [0.05, 0.1) is 24.0 Å². The number of benzene rings is 1. The molecule has 134 valence electrons. The van der Waals surface area contributed by atoms with Crippen LogP contribution in [0.1, 0.15) is 15.2 Å². The second-order valence-corrected chi connectivity index (χ2v) is 7.67. The average Bonchev–Trinajstić information content (AvgIpc) is 3.27. The van der Waals surface area contributed by atoms with Crippen LogP contribution in [-0.4, -0.2) is 35.4 Å². The number of nitrogens with one attached hydrogen (secondary N) is 1. The SMILES string of the molecule is COc1ccc(/C=C2\SC(=S)N(NC(=O)c3cccs3)C2=O)c(OC)c1. The number of ether oxygens (including phenoxy) is 2. The number of hydrazine groups is 1. The van der Waals surface area contributed by atoms with Crippen molar-refractivity contribution in [2.24, 2.45) is 0 Å². The van der Waals surface area contributed by atoms with E-state index >= 15 is 0 Å². The summed E-state index contributed by atoms with van der Waals surface area (Å²) in [6, 6.07) is 8.72. The molecular formula is C17H14N2O4S3. The van der Waals surface area contributed by atoms with Gasteiger partial charge in [-0.25, -0.2) is 0 Å². The van der Waals surface area contributed by atoms with Gasteiger partial charge in [0.2, 0.25) is 0 Å². The topological polar surface area (TPSA) is 67.9 Å². The number of thioether (sulfide) groups is 1. The minimum absolute atomic E-state index is 0.263. The first kappa shape index (κ1) is 18.4. The van der Waals surface area contributed by atoms with Crippen LogP contribution in [0.5, 0.6) is 11.5 Å². The number of rotatable bonds is 5. The third kappa shape index (κ3) is 3.74. The fourth-order valence-electron chi connectivity index (χ4n) is 2.21. The number of carbonyl (C=O) groups excluding carboxylic acids is 2. The Hall–Kier alpha value is -2.36. The molecule has 6 nitrogen and oxygen atoms in total. The van der Waals surface area contributed by atoms with Gasteiger partial charge in [-0.05, 0) is 41.9 Å². The second kappa shape index (κ2) is 7.90. The maximum Gasteiger partial charge on any atom is 0.285 e. The number of amides is 2. The van der Waals surface area contributed by atoms with E-state index in [2.05, 4.69) is 5.43 Å². The molecule has 3 rings (SSSR count). The second-order valence-electron chi connectivity index (χ2n) is 5.04. The summed E-state index contributed by atoms with van der Waals surface area (Å²) in [7, 11) is 3.11. The molecule has 1 aliphatic heterocycles. The number of thiophene rings is 1. The molecule has 26 heavy (non-hydrogen) atoms. The van der Waals surface area contributed by atoms with Crippen LogP contribution in [0.2, 0.25) is 0 Å². The van der Waals surface area contributed by atoms with Crippen molar-refractivity contribution in [3.8, 4) is 11.5 Å². The van der Waals surface area contributed by atoms with Gasteiger partial charge in [-0.2, -0.15) is 5.01 Å². The lowest BCUT2D eigenvalue weighted by Gasteiger charge is -2.14. The molecule has 0 spiro atoms. The van der Waals surface area contributed by atoms with Crippen LogP contribution in [0.15, 0.2) is 40.6 Å². The van der Waals surface area contributed by atoms with E-state index < -0.39 is 0 Å². The van der Waals surface area contributed by atoms with Gasteiger partial charge < -0.3 is 9.47 Å². The zero-order valence-electron chi connectivity index (χ0n) is 13.8. The van der Waals surface area contributed by atoms with Gasteiger partial charge in [0.15, 0.2) is 4.32 Å². The molecule has 0 bridgehead atoms. The Balaban J connectivity index is 1.82. The molecule has 2 amide bonds. The first-order valence-corrected chi connectivity index (χ1v) is 9.48. The third-order valence-corrected chi connectivity index (χ3v) is 5.65. The van der Waals surface area contributed by atoms with Crippen LogP contribution < -0.4 is 14.9 Å². The normalized spacial score (nSPS) is 15.5. The fourth-order valence-corrected chi connectivity index (χ4v) is 3.99. The van der Waals surface area contributed by atoms with Crippen LogP contribution in [0, 0.1) is 0 Å². The predicted octanol–water partition coefficient (Wildman–Crippen LogP) is 3.31. The molecule has 2 heterocycles. The highest BCUT2D eigenvalue weighted by molar-refractivity contribution is 8.26. The average molecular weight is 407 g/mol. The van der Waals surface area contributed by atoms with Crippen LogP contribution in [0.25, 0.3) is 6.08 Å². The Morgan fingerprint density at radius 1 is 1.27 bits per heavy atom. The highest BCUT2D eigenvalue weighted by Gasteiger charge is 2.34. The van der Waals surface area contributed by atoms with Crippen molar-refractivity contribution in [1.82, 2.24) is 10.4 Å². The number of methoxy groups -OCH3 is 2. The summed E-state index contributed by atoms with van der Waals surface area (Å²) in [5.74, 6) is 0.453. The van der Waals surface area contributed by atoms with E-state index in [1.807, 2.05) is 0 Å². The fraction of sp³-hybridized carbons (Fsp3) is 0.118. The zero-order valence-corrected chi connectivity index (χ0v) is 16.3. The van der Waals surface area contributed by atoms with E-state index in [0.29, 0.717) is 26.8 Å². The lowest BCUT2D eigenvalue weighted by atomic mass is 10.1. The van der Waals surface area contributed by atoms with E-state index in [9.17, 15) is 9.59 Å². The number of hydrogen-bond donors (Lipinski definition) is 1. The van der Waals surface area contributed by atoms with E-state index in [0.717, 1.165) is 16.8 Å². The maximum absolute atomic E-state index is 12.6. The molecule has 0 atom stereocenters. The van der Waals surface area contributed by atoms with E-state index in [4.69, 9.17) is 21.7 Å². The number of carbonyl (C=O) groups is 2. The number of nitrogens with zero attached hydrogens (tertiary/aromatic N) is 1. The Labute approximate surface area is 163 Å². The van der Waals surface area contributed by atoms with E-state index in [1.54, 1.807) is 56.0 Å². The van der Waals surface area contributed by atoms with Crippen LogP contribution >= 0.6 is 35.3 Å². The summed E-state index contributed by atoms with van der Waals surface area (Å²) < 4.78 is 10.8. The van der Waals surface area contributed by atoms with Crippen molar-refractivity contribution in [3.63, 3.8) is 0 Å². The molecule has 0 radical (unpaired) electrons. The monoisotopic (exact) mass is 406 g/mol. The number of thiocarbonyl (C=S) groups is 1. The van der Waals surface area contributed by atoms with Crippen LogP contribution in [0.4, 0.5) is 0 Å². The van der Waals surface area contributed by atoms with E-state index in [1.165, 1.54) is 11.3 Å². The van der Waals surface area contributed by atoms with Crippen molar-refractivity contribution in [1.29, 1.82) is 0 Å². The summed E-state index contributed by atoms with van der Waals surface area (Å²) in [5, 5.41) is 2.87. The van der Waals surface area contributed by atoms with Gasteiger partial charge in [0.1, 0.15) is 11.5 Å². The summed E-state index contributed by atoms with van der Waals surface area (Å²) in [5.41, 5.74) is 3.25. The molecule has 1 aromatic carbocycles.